The Balaban J connectivity index is 1.52. The van der Waals surface area contributed by atoms with Crippen LogP contribution in [-0.4, -0.2) is 46.8 Å². The van der Waals surface area contributed by atoms with Crippen LogP contribution in [0.5, 0.6) is 5.75 Å². The molecule has 0 atom stereocenters. The third-order valence-corrected chi connectivity index (χ3v) is 7.09. The number of hydrogen-bond acceptors (Lipinski definition) is 7. The number of carbonyl (C=O) groups excluding carboxylic acids is 2. The lowest BCUT2D eigenvalue weighted by molar-refractivity contribution is -0.137. The average molecular weight is 628 g/mol. The summed E-state index contributed by atoms with van der Waals surface area (Å²) in [6.45, 7) is 5.00. The summed E-state index contributed by atoms with van der Waals surface area (Å²) >= 11 is 0. The molecule has 236 valence electrons. The number of anilines is 3. The van der Waals surface area contributed by atoms with Crippen molar-refractivity contribution in [3.63, 3.8) is 0 Å². The van der Waals surface area contributed by atoms with Crippen molar-refractivity contribution >= 4 is 29.0 Å². The molecule has 1 aliphatic rings. The second-order valence-electron chi connectivity index (χ2n) is 10.8. The molecule has 1 aromatic heterocycles. The van der Waals surface area contributed by atoms with E-state index in [0.717, 1.165) is 11.8 Å². The van der Waals surface area contributed by atoms with E-state index in [-0.39, 0.29) is 29.4 Å². The van der Waals surface area contributed by atoms with Gasteiger partial charge in [0.15, 0.2) is 5.78 Å². The Labute approximate surface area is 264 Å². The quantitative estimate of drug-likeness (QED) is 0.178. The number of alkyl halides is 3. The van der Waals surface area contributed by atoms with Crippen molar-refractivity contribution in [3.05, 3.63) is 120 Å². The summed E-state index contributed by atoms with van der Waals surface area (Å²) in [4.78, 5) is 35.4. The molecular weight excluding hydrogens is 595 g/mol. The van der Waals surface area contributed by atoms with Crippen molar-refractivity contribution in [1.82, 2.24) is 14.9 Å². The van der Waals surface area contributed by atoms with Gasteiger partial charge in [-0.15, -0.1) is 0 Å². The largest absolute Gasteiger partial charge is 0.493 e. The van der Waals surface area contributed by atoms with Gasteiger partial charge >= 0.3 is 6.18 Å². The molecule has 2 N–H and O–H groups in total. The van der Waals surface area contributed by atoms with Gasteiger partial charge in [0.05, 0.1) is 12.3 Å². The van der Waals surface area contributed by atoms with Crippen molar-refractivity contribution < 1.29 is 27.5 Å². The SMILES string of the molecule is C=CC(=O)Cc1cccc(C(=O)Nc2cc3cc(c2)Nc2ncc(C(F)(F)F)c(n2)-c2cccc(c2)OCC/C=C/CN(C)C3)c1. The number of ketones is 1. The summed E-state index contributed by atoms with van der Waals surface area (Å²) in [6.07, 6.45) is 2.05. The molecule has 0 spiro atoms. The monoisotopic (exact) mass is 627 g/mol. The maximum absolute atomic E-state index is 14.0. The lowest BCUT2D eigenvalue weighted by Gasteiger charge is -2.18. The van der Waals surface area contributed by atoms with Crippen LogP contribution in [0.25, 0.3) is 11.3 Å². The molecule has 5 rings (SSSR count). The zero-order valence-electron chi connectivity index (χ0n) is 25.1. The van der Waals surface area contributed by atoms with E-state index in [0.29, 0.717) is 54.4 Å². The Morgan fingerprint density at radius 2 is 1.91 bits per heavy atom. The van der Waals surface area contributed by atoms with E-state index >= 15 is 0 Å². The van der Waals surface area contributed by atoms with E-state index in [9.17, 15) is 22.8 Å². The molecule has 3 aromatic carbocycles. The number of amides is 1. The highest BCUT2D eigenvalue weighted by molar-refractivity contribution is 6.05. The summed E-state index contributed by atoms with van der Waals surface area (Å²) in [5.41, 5.74) is 1.73. The molecule has 1 amide bonds. The summed E-state index contributed by atoms with van der Waals surface area (Å²) in [6, 6.07) is 18.4. The summed E-state index contributed by atoms with van der Waals surface area (Å²) in [5.74, 6) is -0.180. The second kappa shape index (κ2) is 14.2. The van der Waals surface area contributed by atoms with Crippen molar-refractivity contribution in [1.29, 1.82) is 0 Å². The molecule has 0 aliphatic carbocycles. The zero-order valence-corrected chi connectivity index (χ0v) is 25.1. The van der Waals surface area contributed by atoms with Crippen LogP contribution in [0.15, 0.2) is 97.7 Å². The first-order valence-corrected chi connectivity index (χ1v) is 14.5. The molecule has 8 nitrogen and oxygen atoms in total. The molecular formula is C35H32F3N5O3. The molecule has 6 bridgehead atoms. The van der Waals surface area contributed by atoms with Gasteiger partial charge in [-0.2, -0.15) is 13.2 Å². The lowest BCUT2D eigenvalue weighted by atomic mass is 10.1. The smallest absolute Gasteiger partial charge is 0.419 e. The third-order valence-electron chi connectivity index (χ3n) is 7.09. The van der Waals surface area contributed by atoms with E-state index < -0.39 is 17.6 Å². The number of aromatic nitrogens is 2. The van der Waals surface area contributed by atoms with Crippen LogP contribution >= 0.6 is 0 Å². The minimum Gasteiger partial charge on any atom is -0.493 e. The maximum atomic E-state index is 14.0. The molecule has 2 heterocycles. The summed E-state index contributed by atoms with van der Waals surface area (Å²) < 4.78 is 47.9. The normalized spacial score (nSPS) is 14.5. The van der Waals surface area contributed by atoms with Crippen molar-refractivity contribution in [2.45, 2.75) is 25.6 Å². The molecule has 0 fully saturated rings. The standard InChI is InChI=1S/C35H32F3N5O3/c1-3-29(44)18-23-9-7-11-26(15-23)33(45)40-27-16-24-17-28(20-27)41-34-39-21-31(35(36,37)38)32(42-34)25-10-8-12-30(19-25)46-14-6-4-5-13-43(2)22-24/h3-5,7-12,15-17,19-21H,1,6,13-14,18,22H2,2H3,(H,40,45)(H,39,41,42)/b5-4+. The number of halogens is 3. The number of carbonyl (C=O) groups is 2. The molecule has 0 saturated heterocycles. The van der Waals surface area contributed by atoms with E-state index in [1.54, 1.807) is 48.5 Å². The fourth-order valence-electron chi connectivity index (χ4n) is 4.95. The first kappa shape index (κ1) is 32.1. The second-order valence-corrected chi connectivity index (χ2v) is 10.8. The molecule has 46 heavy (non-hydrogen) atoms. The Bertz CT molecular complexity index is 1790. The van der Waals surface area contributed by atoms with Gasteiger partial charge in [-0.05, 0) is 73.1 Å². The molecule has 4 aromatic rings. The van der Waals surface area contributed by atoms with Crippen LogP contribution in [0.1, 0.15) is 33.5 Å². The Hall–Kier alpha value is -5.29. The maximum Gasteiger partial charge on any atom is 0.419 e. The first-order chi connectivity index (χ1) is 22.1. The highest BCUT2D eigenvalue weighted by atomic mass is 19.4. The third kappa shape index (κ3) is 8.45. The fourth-order valence-corrected chi connectivity index (χ4v) is 4.95. The number of benzene rings is 3. The number of nitrogens with one attached hydrogen (secondary N) is 2. The van der Waals surface area contributed by atoms with E-state index in [4.69, 9.17) is 4.74 Å². The Morgan fingerprint density at radius 1 is 1.09 bits per heavy atom. The number of rotatable bonds is 5. The minimum absolute atomic E-state index is 0.0549. The highest BCUT2D eigenvalue weighted by Gasteiger charge is 2.35. The number of allylic oxidation sites excluding steroid dienone is 1. The van der Waals surface area contributed by atoms with Gasteiger partial charge < -0.3 is 15.4 Å². The minimum atomic E-state index is -4.69. The summed E-state index contributed by atoms with van der Waals surface area (Å²) in [5, 5.41) is 5.93. The number of likely N-dealkylation sites (N-methyl/N-ethyl adjacent to an activating group) is 1. The predicted octanol–water partition coefficient (Wildman–Crippen LogP) is 7.23. The Morgan fingerprint density at radius 3 is 2.72 bits per heavy atom. The van der Waals surface area contributed by atoms with Crippen LogP contribution in [0.3, 0.4) is 0 Å². The van der Waals surface area contributed by atoms with Gasteiger partial charge in [-0.1, -0.05) is 43.0 Å². The van der Waals surface area contributed by atoms with Crippen molar-refractivity contribution in [3.8, 4) is 17.0 Å². The van der Waals surface area contributed by atoms with Gasteiger partial charge in [0.25, 0.3) is 5.91 Å². The van der Waals surface area contributed by atoms with Crippen molar-refractivity contribution in [2.75, 3.05) is 30.8 Å². The van der Waals surface area contributed by atoms with Crippen LogP contribution < -0.4 is 15.4 Å². The van der Waals surface area contributed by atoms with Crippen molar-refractivity contribution in [2.24, 2.45) is 0 Å². The predicted molar refractivity (Wildman–Crippen MR) is 171 cm³/mol. The molecule has 0 radical (unpaired) electrons. The zero-order chi connectivity index (χ0) is 32.7. The molecule has 0 unspecified atom stereocenters. The molecule has 0 saturated carbocycles. The van der Waals surface area contributed by atoms with Crippen LogP contribution in [0.2, 0.25) is 0 Å². The number of fused-ring (bicyclic) bond motifs is 7. The van der Waals surface area contributed by atoms with Crippen LogP contribution in [0, 0.1) is 0 Å². The average Bonchev–Trinajstić information content (AvgIpc) is 3.02. The number of ether oxygens (including phenoxy) is 1. The number of hydrogen-bond donors (Lipinski definition) is 2. The molecule has 1 aliphatic heterocycles. The van der Waals surface area contributed by atoms with Gasteiger partial charge in [-0.3, -0.25) is 14.5 Å². The van der Waals surface area contributed by atoms with Gasteiger partial charge in [0.2, 0.25) is 5.95 Å². The van der Waals surface area contributed by atoms with E-state index in [1.165, 1.54) is 12.1 Å². The van der Waals surface area contributed by atoms with Gasteiger partial charge in [0.1, 0.15) is 11.3 Å². The lowest BCUT2D eigenvalue weighted by Crippen LogP contribution is -2.18. The van der Waals surface area contributed by atoms with Crippen LogP contribution in [-0.2, 0) is 23.9 Å². The van der Waals surface area contributed by atoms with Gasteiger partial charge in [-0.25, -0.2) is 9.97 Å². The number of nitrogens with zero attached hydrogens (tertiary/aromatic N) is 3. The Kier molecular flexibility index (Phi) is 9.92. The van der Waals surface area contributed by atoms with E-state index in [2.05, 4.69) is 32.1 Å². The topological polar surface area (TPSA) is 96.5 Å². The first-order valence-electron chi connectivity index (χ1n) is 14.5. The highest BCUT2D eigenvalue weighted by Crippen LogP contribution is 2.37. The summed E-state index contributed by atoms with van der Waals surface area (Å²) in [7, 11) is 1.95. The molecule has 11 heteroatoms. The fraction of sp³-hybridized carbons (Fsp3) is 0.200. The van der Waals surface area contributed by atoms with E-state index in [1.807, 2.05) is 31.3 Å². The van der Waals surface area contributed by atoms with Crippen LogP contribution in [0.4, 0.5) is 30.5 Å². The van der Waals surface area contributed by atoms with Gasteiger partial charge in [0, 0.05) is 48.2 Å².